The SMILES string of the molecule is CCOc1ccc(/C=C2\SC(=S)N(CC(=O)NN3CC[NH+](C)CC3)C2=O)cc1. The molecule has 2 N–H and O–H groups in total. The van der Waals surface area contributed by atoms with Crippen molar-refractivity contribution in [3.05, 3.63) is 34.7 Å². The summed E-state index contributed by atoms with van der Waals surface area (Å²) in [5.74, 6) is 0.328. The zero-order valence-electron chi connectivity index (χ0n) is 16.1. The Hall–Kier alpha value is -1.94. The molecule has 150 valence electrons. The molecule has 0 atom stereocenters. The maximum absolute atomic E-state index is 12.7. The Bertz CT molecular complexity index is 774. The number of nitrogens with zero attached hydrogens (tertiary/aromatic N) is 2. The highest BCUT2D eigenvalue weighted by Gasteiger charge is 2.33. The normalized spacial score (nSPS) is 20.1. The molecule has 0 aliphatic carbocycles. The van der Waals surface area contributed by atoms with Gasteiger partial charge in [0.05, 0.1) is 44.7 Å². The molecule has 2 amide bonds. The number of ether oxygens (including phenoxy) is 1. The number of carbonyl (C=O) groups excluding carboxylic acids is 2. The summed E-state index contributed by atoms with van der Waals surface area (Å²) in [5.41, 5.74) is 3.76. The molecule has 2 heterocycles. The summed E-state index contributed by atoms with van der Waals surface area (Å²) in [6.07, 6.45) is 1.79. The molecular formula is C19H25N4O3S2+. The smallest absolute Gasteiger partial charge is 0.266 e. The Labute approximate surface area is 174 Å². The average molecular weight is 422 g/mol. The first kappa shape index (κ1) is 20.8. The number of quaternary nitrogens is 1. The van der Waals surface area contributed by atoms with Crippen LogP contribution in [0.3, 0.4) is 0 Å². The van der Waals surface area contributed by atoms with E-state index in [0.29, 0.717) is 15.8 Å². The number of carbonyl (C=O) groups is 2. The minimum Gasteiger partial charge on any atom is -0.494 e. The fourth-order valence-electron chi connectivity index (χ4n) is 2.97. The van der Waals surface area contributed by atoms with Crippen molar-refractivity contribution < 1.29 is 19.2 Å². The van der Waals surface area contributed by atoms with Crippen LogP contribution in [0.15, 0.2) is 29.2 Å². The standard InChI is InChI=1S/C19H24N4O3S2/c1-3-26-15-6-4-14(5-7-15)12-16-18(25)23(19(27)28-16)13-17(24)20-22-10-8-21(2)9-11-22/h4-7,12H,3,8-11,13H2,1-2H3,(H,20,24)/p+1/b16-12-. The van der Waals surface area contributed by atoms with Gasteiger partial charge in [-0.1, -0.05) is 36.1 Å². The van der Waals surface area contributed by atoms with Crippen molar-refractivity contribution in [3.63, 3.8) is 0 Å². The van der Waals surface area contributed by atoms with E-state index >= 15 is 0 Å². The second-order valence-corrected chi connectivity index (χ2v) is 8.42. The summed E-state index contributed by atoms with van der Waals surface area (Å²) >= 11 is 6.53. The Balaban J connectivity index is 1.59. The van der Waals surface area contributed by atoms with Crippen molar-refractivity contribution in [1.29, 1.82) is 0 Å². The number of benzene rings is 1. The van der Waals surface area contributed by atoms with Crippen LogP contribution in [0.4, 0.5) is 0 Å². The van der Waals surface area contributed by atoms with Crippen molar-refractivity contribution in [3.8, 4) is 5.75 Å². The van der Waals surface area contributed by atoms with Crippen molar-refractivity contribution >= 4 is 46.2 Å². The van der Waals surface area contributed by atoms with Gasteiger partial charge in [-0.2, -0.15) is 0 Å². The van der Waals surface area contributed by atoms with Crippen LogP contribution < -0.4 is 15.1 Å². The number of hydrazine groups is 1. The third kappa shape index (κ3) is 5.32. The molecule has 3 rings (SSSR count). The zero-order valence-corrected chi connectivity index (χ0v) is 17.7. The maximum atomic E-state index is 12.7. The van der Waals surface area contributed by atoms with Crippen molar-refractivity contribution in [2.45, 2.75) is 6.92 Å². The fourth-order valence-corrected chi connectivity index (χ4v) is 4.23. The molecule has 9 heteroatoms. The second-order valence-electron chi connectivity index (χ2n) is 6.75. The van der Waals surface area contributed by atoms with E-state index in [1.165, 1.54) is 21.6 Å². The molecule has 0 spiro atoms. The highest BCUT2D eigenvalue weighted by atomic mass is 32.2. The van der Waals surface area contributed by atoms with Crippen molar-refractivity contribution in [2.24, 2.45) is 0 Å². The van der Waals surface area contributed by atoms with Crippen LogP contribution in [-0.2, 0) is 9.59 Å². The molecule has 2 fully saturated rings. The first-order valence-electron chi connectivity index (χ1n) is 9.30. The van der Waals surface area contributed by atoms with E-state index in [0.717, 1.165) is 37.5 Å². The quantitative estimate of drug-likeness (QED) is 0.504. The van der Waals surface area contributed by atoms with Crippen LogP contribution >= 0.6 is 24.0 Å². The molecule has 0 unspecified atom stereocenters. The van der Waals surface area contributed by atoms with Gasteiger partial charge in [0.2, 0.25) is 0 Å². The molecule has 2 aliphatic heterocycles. The molecule has 0 radical (unpaired) electrons. The molecule has 1 aromatic carbocycles. The van der Waals surface area contributed by atoms with Gasteiger partial charge in [0.25, 0.3) is 11.8 Å². The average Bonchev–Trinajstić information content (AvgIpc) is 2.93. The molecule has 2 aliphatic rings. The molecule has 2 saturated heterocycles. The van der Waals surface area contributed by atoms with Crippen molar-refractivity contribution in [2.75, 3.05) is 46.4 Å². The Morgan fingerprint density at radius 2 is 2.00 bits per heavy atom. The largest absolute Gasteiger partial charge is 0.494 e. The van der Waals surface area contributed by atoms with Gasteiger partial charge in [-0.05, 0) is 30.7 Å². The van der Waals surface area contributed by atoms with Gasteiger partial charge in [0, 0.05) is 0 Å². The number of hydrogen-bond donors (Lipinski definition) is 2. The van der Waals surface area contributed by atoms with E-state index < -0.39 is 0 Å². The third-order valence-corrected chi connectivity index (χ3v) is 5.94. The molecule has 0 aromatic heterocycles. The summed E-state index contributed by atoms with van der Waals surface area (Å²) in [6.45, 7) is 6.03. The van der Waals surface area contributed by atoms with Crippen molar-refractivity contribution in [1.82, 2.24) is 15.3 Å². The minimum absolute atomic E-state index is 0.0650. The van der Waals surface area contributed by atoms with Gasteiger partial charge in [0.1, 0.15) is 16.6 Å². The van der Waals surface area contributed by atoms with E-state index in [1.807, 2.05) is 36.2 Å². The molecule has 1 aromatic rings. The van der Waals surface area contributed by atoms with E-state index in [-0.39, 0.29) is 18.4 Å². The lowest BCUT2D eigenvalue weighted by atomic mass is 10.2. The van der Waals surface area contributed by atoms with Crippen LogP contribution in [0.25, 0.3) is 6.08 Å². The summed E-state index contributed by atoms with van der Waals surface area (Å²) in [5, 5.41) is 1.91. The zero-order chi connectivity index (χ0) is 20.1. The summed E-state index contributed by atoms with van der Waals surface area (Å²) in [4.78, 5) is 28.4. The topological polar surface area (TPSA) is 66.3 Å². The molecule has 7 nitrogen and oxygen atoms in total. The monoisotopic (exact) mass is 421 g/mol. The van der Waals surface area contributed by atoms with Crippen LogP contribution in [-0.4, -0.2) is 72.4 Å². The number of hydrogen-bond acceptors (Lipinski definition) is 6. The first-order valence-corrected chi connectivity index (χ1v) is 10.5. The lowest BCUT2D eigenvalue weighted by Gasteiger charge is -2.30. The van der Waals surface area contributed by atoms with E-state index in [1.54, 1.807) is 6.08 Å². The number of likely N-dealkylation sites (N-methyl/N-ethyl adjacent to an activating group) is 1. The number of thioether (sulfide) groups is 1. The van der Waals surface area contributed by atoms with Gasteiger partial charge in [-0.15, -0.1) is 0 Å². The minimum atomic E-state index is -0.234. The first-order chi connectivity index (χ1) is 13.5. The van der Waals surface area contributed by atoms with Crippen LogP contribution in [0.5, 0.6) is 5.75 Å². The van der Waals surface area contributed by atoms with Gasteiger partial charge in [-0.3, -0.25) is 19.9 Å². The lowest BCUT2D eigenvalue weighted by molar-refractivity contribution is -0.884. The summed E-state index contributed by atoms with van der Waals surface area (Å²) in [7, 11) is 2.13. The van der Waals surface area contributed by atoms with Gasteiger partial charge >= 0.3 is 0 Å². The third-order valence-electron chi connectivity index (χ3n) is 4.56. The van der Waals surface area contributed by atoms with E-state index in [2.05, 4.69) is 12.5 Å². The van der Waals surface area contributed by atoms with Crippen LogP contribution in [0.2, 0.25) is 0 Å². The second kappa shape index (κ2) is 9.51. The summed E-state index contributed by atoms with van der Waals surface area (Å²) < 4.78 is 5.83. The Morgan fingerprint density at radius 3 is 2.64 bits per heavy atom. The Kier molecular flexibility index (Phi) is 7.06. The fraction of sp³-hybridized carbons (Fsp3) is 0.421. The van der Waals surface area contributed by atoms with E-state index in [9.17, 15) is 9.59 Å². The van der Waals surface area contributed by atoms with Gasteiger partial charge in [0.15, 0.2) is 0 Å². The lowest BCUT2D eigenvalue weighted by Crippen LogP contribution is -3.12. The van der Waals surface area contributed by atoms with Crippen LogP contribution in [0.1, 0.15) is 12.5 Å². The maximum Gasteiger partial charge on any atom is 0.266 e. The predicted molar refractivity (Wildman–Crippen MR) is 114 cm³/mol. The van der Waals surface area contributed by atoms with Crippen LogP contribution in [0, 0.1) is 0 Å². The Morgan fingerprint density at radius 1 is 1.32 bits per heavy atom. The molecule has 0 bridgehead atoms. The predicted octanol–water partition coefficient (Wildman–Crippen LogP) is 0.148. The number of amides is 2. The number of piperazine rings is 1. The molecule has 28 heavy (non-hydrogen) atoms. The number of nitrogens with one attached hydrogen (secondary N) is 2. The highest BCUT2D eigenvalue weighted by Crippen LogP contribution is 2.32. The highest BCUT2D eigenvalue weighted by molar-refractivity contribution is 8.26. The van der Waals surface area contributed by atoms with E-state index in [4.69, 9.17) is 17.0 Å². The number of rotatable bonds is 6. The number of thiocarbonyl (C=S) groups is 1. The summed E-state index contributed by atoms with van der Waals surface area (Å²) in [6, 6.07) is 7.50. The molecule has 0 saturated carbocycles. The van der Waals surface area contributed by atoms with Gasteiger partial charge in [-0.25, -0.2) is 5.01 Å². The van der Waals surface area contributed by atoms with Gasteiger partial charge < -0.3 is 9.64 Å². The molecular weight excluding hydrogens is 396 g/mol.